The van der Waals surface area contributed by atoms with E-state index in [1.807, 2.05) is 4.90 Å². The molecule has 0 atom stereocenters. The minimum atomic E-state index is -0.298. The van der Waals surface area contributed by atoms with Gasteiger partial charge in [0.2, 0.25) is 5.95 Å². The molecule has 0 radical (unpaired) electrons. The van der Waals surface area contributed by atoms with E-state index in [9.17, 15) is 4.39 Å². The van der Waals surface area contributed by atoms with Gasteiger partial charge < -0.3 is 9.80 Å². The molecule has 0 bridgehead atoms. The van der Waals surface area contributed by atoms with Gasteiger partial charge in [-0.15, -0.1) is 0 Å². The maximum absolute atomic E-state index is 14.5. The van der Waals surface area contributed by atoms with Crippen molar-refractivity contribution in [1.82, 2.24) is 19.9 Å². The second kappa shape index (κ2) is 6.23. The van der Waals surface area contributed by atoms with Crippen molar-refractivity contribution in [2.75, 3.05) is 36.0 Å². The molecule has 1 aliphatic heterocycles. The summed E-state index contributed by atoms with van der Waals surface area (Å²) in [7, 11) is 0. The van der Waals surface area contributed by atoms with E-state index in [2.05, 4.69) is 40.8 Å². The Kier molecular flexibility index (Phi) is 4.07. The molecule has 2 aromatic heterocycles. The first kappa shape index (κ1) is 15.7. The van der Waals surface area contributed by atoms with Crippen LogP contribution in [0.15, 0.2) is 16.9 Å². The van der Waals surface area contributed by atoms with Crippen molar-refractivity contribution >= 4 is 27.7 Å². The molecule has 1 saturated heterocycles. The molecule has 6 nitrogen and oxygen atoms in total. The van der Waals surface area contributed by atoms with Gasteiger partial charge in [0.25, 0.3) is 0 Å². The van der Waals surface area contributed by atoms with Crippen molar-refractivity contribution < 1.29 is 4.39 Å². The van der Waals surface area contributed by atoms with Crippen LogP contribution in [0.5, 0.6) is 0 Å². The average Bonchev–Trinajstić information content (AvgIpc) is 3.43. The molecular formula is C16H18BrFN6. The molecule has 2 fully saturated rings. The standard InChI is InChI=1S/C16H18BrFN6/c1-10-13(18)15(22-14(21-10)11-2-3-11)23-4-6-24(7-5-23)16-19-8-12(17)9-20-16/h8-9,11H,2-7H2,1H3. The average molecular weight is 393 g/mol. The van der Waals surface area contributed by atoms with Crippen LogP contribution in [0.1, 0.15) is 30.3 Å². The molecule has 1 saturated carbocycles. The van der Waals surface area contributed by atoms with Crippen molar-refractivity contribution in [2.45, 2.75) is 25.7 Å². The summed E-state index contributed by atoms with van der Waals surface area (Å²) in [4.78, 5) is 21.6. The predicted octanol–water partition coefficient (Wildman–Crippen LogP) is 2.68. The van der Waals surface area contributed by atoms with E-state index >= 15 is 0 Å². The van der Waals surface area contributed by atoms with Crippen LogP contribution in [0.4, 0.5) is 16.2 Å². The summed E-state index contributed by atoms with van der Waals surface area (Å²) in [5.41, 5.74) is 0.445. The smallest absolute Gasteiger partial charge is 0.225 e. The van der Waals surface area contributed by atoms with Crippen LogP contribution in [0, 0.1) is 12.7 Å². The highest BCUT2D eigenvalue weighted by molar-refractivity contribution is 9.10. The van der Waals surface area contributed by atoms with Gasteiger partial charge in [0.05, 0.1) is 10.2 Å². The first-order valence-corrected chi connectivity index (χ1v) is 8.92. The van der Waals surface area contributed by atoms with E-state index in [0.717, 1.165) is 36.2 Å². The largest absolute Gasteiger partial charge is 0.351 e. The maximum atomic E-state index is 14.5. The van der Waals surface area contributed by atoms with Crippen LogP contribution in [0.2, 0.25) is 0 Å². The topological polar surface area (TPSA) is 58.0 Å². The first-order valence-electron chi connectivity index (χ1n) is 8.13. The number of rotatable bonds is 3. The zero-order chi connectivity index (χ0) is 16.7. The Morgan fingerprint density at radius 1 is 1.04 bits per heavy atom. The Morgan fingerprint density at radius 3 is 2.29 bits per heavy atom. The lowest BCUT2D eigenvalue weighted by Gasteiger charge is -2.35. The molecule has 2 aliphatic rings. The minimum Gasteiger partial charge on any atom is -0.351 e. The van der Waals surface area contributed by atoms with Gasteiger partial charge in [-0.2, -0.15) is 0 Å². The molecule has 1 aliphatic carbocycles. The van der Waals surface area contributed by atoms with Crippen molar-refractivity contribution in [3.8, 4) is 0 Å². The summed E-state index contributed by atoms with van der Waals surface area (Å²) in [6, 6.07) is 0. The molecule has 0 N–H and O–H groups in total. The highest BCUT2D eigenvalue weighted by Gasteiger charge is 2.30. The third kappa shape index (κ3) is 3.07. The molecular weight excluding hydrogens is 375 g/mol. The minimum absolute atomic E-state index is 0.298. The zero-order valence-corrected chi connectivity index (χ0v) is 15.0. The van der Waals surface area contributed by atoms with E-state index in [1.165, 1.54) is 0 Å². The summed E-state index contributed by atoms with van der Waals surface area (Å²) in [6.07, 6.45) is 5.70. The van der Waals surface area contributed by atoms with Crippen LogP contribution in [0.25, 0.3) is 0 Å². The highest BCUT2D eigenvalue weighted by atomic mass is 79.9. The van der Waals surface area contributed by atoms with Crippen molar-refractivity contribution in [1.29, 1.82) is 0 Å². The van der Waals surface area contributed by atoms with E-state index in [0.29, 0.717) is 36.5 Å². The number of nitrogens with zero attached hydrogens (tertiary/aromatic N) is 6. The van der Waals surface area contributed by atoms with E-state index < -0.39 is 0 Å². The molecule has 8 heteroatoms. The lowest BCUT2D eigenvalue weighted by atomic mass is 10.2. The third-order valence-electron chi connectivity index (χ3n) is 4.43. The number of anilines is 2. The Balaban J connectivity index is 1.50. The summed E-state index contributed by atoms with van der Waals surface area (Å²) in [5, 5.41) is 0. The SMILES string of the molecule is Cc1nc(C2CC2)nc(N2CCN(c3ncc(Br)cn3)CC2)c1F. The van der Waals surface area contributed by atoms with E-state index in [1.54, 1.807) is 19.3 Å². The summed E-state index contributed by atoms with van der Waals surface area (Å²) in [5.74, 6) is 2.06. The zero-order valence-electron chi connectivity index (χ0n) is 13.4. The third-order valence-corrected chi connectivity index (χ3v) is 4.84. The Hall–Kier alpha value is -1.83. The second-order valence-corrected chi connectivity index (χ2v) is 7.17. The molecule has 3 heterocycles. The lowest BCUT2D eigenvalue weighted by Crippen LogP contribution is -2.47. The molecule has 4 rings (SSSR count). The fraction of sp³-hybridized carbons (Fsp3) is 0.500. The predicted molar refractivity (Wildman–Crippen MR) is 92.9 cm³/mol. The number of aryl methyl sites for hydroxylation is 1. The summed E-state index contributed by atoms with van der Waals surface area (Å²) in [6.45, 7) is 4.58. The Morgan fingerprint density at radius 2 is 1.67 bits per heavy atom. The van der Waals surface area contributed by atoms with E-state index in [4.69, 9.17) is 0 Å². The quantitative estimate of drug-likeness (QED) is 0.800. The van der Waals surface area contributed by atoms with Crippen LogP contribution < -0.4 is 9.80 Å². The van der Waals surface area contributed by atoms with Crippen LogP contribution in [-0.2, 0) is 0 Å². The monoisotopic (exact) mass is 392 g/mol. The lowest BCUT2D eigenvalue weighted by molar-refractivity contribution is 0.567. The number of hydrogen-bond acceptors (Lipinski definition) is 6. The number of hydrogen-bond donors (Lipinski definition) is 0. The molecule has 0 aromatic carbocycles. The molecule has 0 unspecified atom stereocenters. The number of piperazine rings is 1. The molecule has 0 spiro atoms. The number of aromatic nitrogens is 4. The van der Waals surface area contributed by atoms with Gasteiger partial charge in [-0.25, -0.2) is 24.3 Å². The van der Waals surface area contributed by atoms with Crippen LogP contribution >= 0.6 is 15.9 Å². The van der Waals surface area contributed by atoms with Crippen molar-refractivity contribution in [3.63, 3.8) is 0 Å². The summed E-state index contributed by atoms with van der Waals surface area (Å²) < 4.78 is 15.4. The fourth-order valence-corrected chi connectivity index (χ4v) is 3.09. The fourth-order valence-electron chi connectivity index (χ4n) is 2.89. The van der Waals surface area contributed by atoms with Gasteiger partial charge in [0, 0.05) is 44.5 Å². The number of halogens is 2. The van der Waals surface area contributed by atoms with Gasteiger partial charge in [0.1, 0.15) is 5.82 Å². The summed E-state index contributed by atoms with van der Waals surface area (Å²) >= 11 is 3.34. The van der Waals surface area contributed by atoms with Crippen LogP contribution in [-0.4, -0.2) is 46.1 Å². The molecule has 2 aromatic rings. The molecule has 126 valence electrons. The first-order chi connectivity index (χ1) is 11.6. The Bertz CT molecular complexity index is 741. The second-order valence-electron chi connectivity index (χ2n) is 6.25. The molecule has 24 heavy (non-hydrogen) atoms. The molecule has 0 amide bonds. The van der Waals surface area contributed by atoms with Gasteiger partial charge in [0.15, 0.2) is 11.6 Å². The van der Waals surface area contributed by atoms with Gasteiger partial charge in [-0.1, -0.05) is 0 Å². The van der Waals surface area contributed by atoms with Crippen molar-refractivity contribution in [3.05, 3.63) is 34.2 Å². The van der Waals surface area contributed by atoms with Crippen molar-refractivity contribution in [2.24, 2.45) is 0 Å². The van der Waals surface area contributed by atoms with Gasteiger partial charge in [-0.05, 0) is 35.7 Å². The highest BCUT2D eigenvalue weighted by Crippen LogP contribution is 2.39. The Labute approximate surface area is 148 Å². The van der Waals surface area contributed by atoms with Gasteiger partial charge >= 0.3 is 0 Å². The normalized spacial score (nSPS) is 18.1. The van der Waals surface area contributed by atoms with E-state index in [-0.39, 0.29) is 5.82 Å². The van der Waals surface area contributed by atoms with Gasteiger partial charge in [-0.3, -0.25) is 0 Å². The van der Waals surface area contributed by atoms with Crippen LogP contribution in [0.3, 0.4) is 0 Å². The maximum Gasteiger partial charge on any atom is 0.225 e.